The molecule has 1 fully saturated rings. The minimum atomic E-state index is -0.0220. The van der Waals surface area contributed by atoms with E-state index in [0.29, 0.717) is 30.2 Å². The number of methoxy groups -OCH3 is 1. The fourth-order valence-electron chi connectivity index (χ4n) is 2.55. The first-order chi connectivity index (χ1) is 9.65. The largest absolute Gasteiger partial charge is 0.496 e. The first-order valence-electron chi connectivity index (χ1n) is 7.00. The van der Waals surface area contributed by atoms with E-state index >= 15 is 0 Å². The number of amides is 1. The molecular formula is C15H22N2O3. The number of benzene rings is 1. The van der Waals surface area contributed by atoms with Crippen LogP contribution in [0.1, 0.15) is 30.1 Å². The van der Waals surface area contributed by atoms with Crippen molar-refractivity contribution in [2.45, 2.75) is 25.9 Å². The van der Waals surface area contributed by atoms with Crippen LogP contribution in [-0.4, -0.2) is 43.7 Å². The lowest BCUT2D eigenvalue weighted by Crippen LogP contribution is -2.43. The quantitative estimate of drug-likeness (QED) is 0.855. The monoisotopic (exact) mass is 278 g/mol. The van der Waals surface area contributed by atoms with Crippen LogP contribution in [0.3, 0.4) is 0 Å². The highest BCUT2D eigenvalue weighted by Gasteiger charge is 2.26. The van der Waals surface area contributed by atoms with Gasteiger partial charge in [-0.2, -0.15) is 0 Å². The number of hydrogen-bond acceptors (Lipinski definition) is 4. The average Bonchev–Trinajstić information content (AvgIpc) is 2.47. The van der Waals surface area contributed by atoms with Crippen LogP contribution in [0.4, 0.5) is 5.69 Å². The summed E-state index contributed by atoms with van der Waals surface area (Å²) < 4.78 is 10.9. The molecule has 5 heteroatoms. The van der Waals surface area contributed by atoms with Crippen LogP contribution >= 0.6 is 0 Å². The first kappa shape index (κ1) is 14.7. The standard InChI is InChI=1S/C15H22N2O3/c1-3-20-12-5-4-8-17(10-12)15(18)13-7-6-11(16)9-14(13)19-2/h6-7,9,12H,3-5,8,10,16H2,1-2H3. The van der Waals surface area contributed by atoms with Gasteiger partial charge >= 0.3 is 0 Å². The second-order valence-electron chi connectivity index (χ2n) is 4.93. The number of anilines is 1. The number of carbonyl (C=O) groups excluding carboxylic acids is 1. The molecule has 1 aromatic carbocycles. The second kappa shape index (κ2) is 6.61. The Hall–Kier alpha value is -1.75. The molecule has 0 radical (unpaired) electrons. The minimum absolute atomic E-state index is 0.0220. The van der Waals surface area contributed by atoms with Gasteiger partial charge in [0, 0.05) is 31.5 Å². The van der Waals surface area contributed by atoms with Crippen LogP contribution < -0.4 is 10.5 Å². The Morgan fingerprint density at radius 2 is 2.30 bits per heavy atom. The smallest absolute Gasteiger partial charge is 0.257 e. The van der Waals surface area contributed by atoms with Crippen LogP contribution in [0.25, 0.3) is 0 Å². The molecule has 0 saturated carbocycles. The lowest BCUT2D eigenvalue weighted by atomic mass is 10.1. The molecule has 1 saturated heterocycles. The maximum absolute atomic E-state index is 12.6. The van der Waals surface area contributed by atoms with Crippen molar-refractivity contribution >= 4 is 11.6 Å². The van der Waals surface area contributed by atoms with Crippen LogP contribution in [0.15, 0.2) is 18.2 Å². The van der Waals surface area contributed by atoms with Crippen molar-refractivity contribution < 1.29 is 14.3 Å². The molecule has 1 heterocycles. The summed E-state index contributed by atoms with van der Waals surface area (Å²) in [7, 11) is 1.55. The molecule has 110 valence electrons. The number of nitrogens with two attached hydrogens (primary N) is 1. The molecule has 1 aromatic rings. The maximum Gasteiger partial charge on any atom is 0.257 e. The highest BCUT2D eigenvalue weighted by molar-refractivity contribution is 5.97. The fraction of sp³-hybridized carbons (Fsp3) is 0.533. The SMILES string of the molecule is CCOC1CCCN(C(=O)c2ccc(N)cc2OC)C1. The summed E-state index contributed by atoms with van der Waals surface area (Å²) in [6.45, 7) is 4.05. The molecule has 0 spiro atoms. The normalized spacial score (nSPS) is 18.9. The number of rotatable bonds is 4. The van der Waals surface area contributed by atoms with Gasteiger partial charge in [0.1, 0.15) is 5.75 Å². The summed E-state index contributed by atoms with van der Waals surface area (Å²) in [5.74, 6) is 0.500. The molecule has 20 heavy (non-hydrogen) atoms. The minimum Gasteiger partial charge on any atom is -0.496 e. The summed E-state index contributed by atoms with van der Waals surface area (Å²) in [5.41, 5.74) is 6.86. The first-order valence-corrected chi connectivity index (χ1v) is 7.00. The summed E-state index contributed by atoms with van der Waals surface area (Å²) in [6.07, 6.45) is 2.11. The molecular weight excluding hydrogens is 256 g/mol. The predicted octanol–water partition coefficient (Wildman–Crippen LogP) is 1.92. The Bertz CT molecular complexity index is 474. The van der Waals surface area contributed by atoms with E-state index in [4.69, 9.17) is 15.2 Å². The van der Waals surface area contributed by atoms with E-state index < -0.39 is 0 Å². The van der Waals surface area contributed by atoms with Crippen LogP contribution in [-0.2, 0) is 4.74 Å². The van der Waals surface area contributed by atoms with Gasteiger partial charge < -0.3 is 20.1 Å². The molecule has 2 N–H and O–H groups in total. The average molecular weight is 278 g/mol. The van der Waals surface area contributed by atoms with Gasteiger partial charge in [-0.1, -0.05) is 0 Å². The van der Waals surface area contributed by atoms with Crippen molar-refractivity contribution in [2.24, 2.45) is 0 Å². The number of nitrogen functional groups attached to an aromatic ring is 1. The van der Waals surface area contributed by atoms with Gasteiger partial charge in [-0.3, -0.25) is 4.79 Å². The lowest BCUT2D eigenvalue weighted by molar-refractivity contribution is 0.00714. The lowest BCUT2D eigenvalue weighted by Gasteiger charge is -2.32. The van der Waals surface area contributed by atoms with Crippen molar-refractivity contribution in [2.75, 3.05) is 32.5 Å². The van der Waals surface area contributed by atoms with Crippen LogP contribution in [0.5, 0.6) is 5.75 Å². The molecule has 1 atom stereocenters. The summed E-state index contributed by atoms with van der Waals surface area (Å²) in [4.78, 5) is 14.4. The zero-order chi connectivity index (χ0) is 14.5. The van der Waals surface area contributed by atoms with Crippen molar-refractivity contribution in [1.29, 1.82) is 0 Å². The molecule has 1 aliphatic rings. The number of hydrogen-bond donors (Lipinski definition) is 1. The third-order valence-electron chi connectivity index (χ3n) is 3.52. The Morgan fingerprint density at radius 1 is 1.50 bits per heavy atom. The van der Waals surface area contributed by atoms with Crippen molar-refractivity contribution in [1.82, 2.24) is 4.90 Å². The molecule has 2 rings (SSSR count). The van der Waals surface area contributed by atoms with Crippen molar-refractivity contribution in [3.8, 4) is 5.75 Å². The van der Waals surface area contributed by atoms with Crippen molar-refractivity contribution in [3.05, 3.63) is 23.8 Å². The van der Waals surface area contributed by atoms with E-state index in [-0.39, 0.29) is 12.0 Å². The summed E-state index contributed by atoms with van der Waals surface area (Å²) >= 11 is 0. The van der Waals surface area contributed by atoms with Gasteiger partial charge in [0.25, 0.3) is 5.91 Å². The molecule has 1 unspecified atom stereocenters. The topological polar surface area (TPSA) is 64.8 Å². The molecule has 5 nitrogen and oxygen atoms in total. The van der Waals surface area contributed by atoms with Gasteiger partial charge in [-0.25, -0.2) is 0 Å². The number of nitrogens with zero attached hydrogens (tertiary/aromatic N) is 1. The van der Waals surface area contributed by atoms with E-state index in [1.807, 2.05) is 11.8 Å². The number of likely N-dealkylation sites (tertiary alicyclic amines) is 1. The zero-order valence-electron chi connectivity index (χ0n) is 12.1. The Kier molecular flexibility index (Phi) is 4.84. The highest BCUT2D eigenvalue weighted by atomic mass is 16.5. The molecule has 1 amide bonds. The second-order valence-corrected chi connectivity index (χ2v) is 4.93. The molecule has 0 aromatic heterocycles. The number of piperidine rings is 1. The fourth-order valence-corrected chi connectivity index (χ4v) is 2.55. The number of carbonyl (C=O) groups is 1. The van der Waals surface area contributed by atoms with Gasteiger partial charge in [-0.05, 0) is 31.9 Å². The van der Waals surface area contributed by atoms with Crippen LogP contribution in [0, 0.1) is 0 Å². The summed E-state index contributed by atoms with van der Waals surface area (Å²) in [5, 5.41) is 0. The Balaban J connectivity index is 2.14. The molecule has 1 aliphatic heterocycles. The third kappa shape index (κ3) is 3.22. The Morgan fingerprint density at radius 3 is 3.00 bits per heavy atom. The Labute approximate surface area is 119 Å². The van der Waals surface area contributed by atoms with Crippen LogP contribution in [0.2, 0.25) is 0 Å². The summed E-state index contributed by atoms with van der Waals surface area (Å²) in [6, 6.07) is 5.12. The van der Waals surface area contributed by atoms with E-state index in [2.05, 4.69) is 0 Å². The molecule has 0 bridgehead atoms. The van der Waals surface area contributed by atoms with E-state index in [1.54, 1.807) is 25.3 Å². The maximum atomic E-state index is 12.6. The third-order valence-corrected chi connectivity index (χ3v) is 3.52. The van der Waals surface area contributed by atoms with Gasteiger partial charge in [0.15, 0.2) is 0 Å². The van der Waals surface area contributed by atoms with E-state index in [0.717, 1.165) is 19.4 Å². The van der Waals surface area contributed by atoms with Crippen molar-refractivity contribution in [3.63, 3.8) is 0 Å². The zero-order valence-corrected chi connectivity index (χ0v) is 12.1. The van der Waals surface area contributed by atoms with Gasteiger partial charge in [0.05, 0.1) is 18.8 Å². The molecule has 0 aliphatic carbocycles. The van der Waals surface area contributed by atoms with E-state index in [1.165, 1.54) is 0 Å². The van der Waals surface area contributed by atoms with Gasteiger partial charge in [0.2, 0.25) is 0 Å². The van der Waals surface area contributed by atoms with E-state index in [9.17, 15) is 4.79 Å². The van der Waals surface area contributed by atoms with Gasteiger partial charge in [-0.15, -0.1) is 0 Å². The predicted molar refractivity (Wildman–Crippen MR) is 78.0 cm³/mol. The highest BCUT2D eigenvalue weighted by Crippen LogP contribution is 2.24. The number of ether oxygens (including phenoxy) is 2.